The highest BCUT2D eigenvalue weighted by Gasteiger charge is 2.21. The van der Waals surface area contributed by atoms with Crippen molar-refractivity contribution in [3.05, 3.63) is 65.7 Å². The lowest BCUT2D eigenvalue weighted by Gasteiger charge is -2.22. The highest BCUT2D eigenvalue weighted by molar-refractivity contribution is 5.95. The third kappa shape index (κ3) is 6.23. The van der Waals surface area contributed by atoms with Crippen molar-refractivity contribution in [2.24, 2.45) is 0 Å². The molecule has 0 aliphatic carbocycles. The van der Waals surface area contributed by atoms with E-state index in [0.29, 0.717) is 0 Å². The fourth-order valence-corrected chi connectivity index (χ4v) is 2.96. The molecule has 28 heavy (non-hydrogen) atoms. The lowest BCUT2D eigenvalue weighted by atomic mass is 10.0. The minimum atomic E-state index is -0.433. The Morgan fingerprint density at radius 1 is 1.00 bits per heavy atom. The molecule has 148 valence electrons. The Kier molecular flexibility index (Phi) is 7.75. The van der Waals surface area contributed by atoms with Crippen molar-refractivity contribution in [2.45, 2.75) is 32.7 Å². The van der Waals surface area contributed by atoms with Gasteiger partial charge >= 0.3 is 0 Å². The number of para-hydroxylation sites is 1. The van der Waals surface area contributed by atoms with Gasteiger partial charge in [0.05, 0.1) is 19.0 Å². The van der Waals surface area contributed by atoms with Gasteiger partial charge in [-0.05, 0) is 23.6 Å². The molecule has 2 aromatic rings. The molecule has 2 aromatic carbocycles. The standard InChI is InChI=1S/C22H27N3O3/c1-4-17-10-8-9-13-19(17)24-21(27)15-25(3)22(28)14-20(23-16(2)26)18-11-6-5-7-12-18/h5-13,20H,4,14-15H2,1-3H3,(H,23,26)(H,24,27)/t20-/m0/s1. The summed E-state index contributed by atoms with van der Waals surface area (Å²) in [5.74, 6) is -0.688. The van der Waals surface area contributed by atoms with Gasteiger partial charge in [0.15, 0.2) is 0 Å². The van der Waals surface area contributed by atoms with Crippen molar-refractivity contribution < 1.29 is 14.4 Å². The van der Waals surface area contributed by atoms with Gasteiger partial charge in [-0.15, -0.1) is 0 Å². The van der Waals surface area contributed by atoms with Gasteiger partial charge in [-0.3, -0.25) is 14.4 Å². The van der Waals surface area contributed by atoms with Crippen LogP contribution in [0.4, 0.5) is 5.69 Å². The van der Waals surface area contributed by atoms with Gasteiger partial charge in [-0.25, -0.2) is 0 Å². The second kappa shape index (κ2) is 10.3. The molecule has 6 heteroatoms. The predicted molar refractivity (Wildman–Crippen MR) is 110 cm³/mol. The number of nitrogens with one attached hydrogen (secondary N) is 2. The van der Waals surface area contributed by atoms with Crippen LogP contribution in [0.5, 0.6) is 0 Å². The molecule has 0 aromatic heterocycles. The Bertz CT molecular complexity index is 821. The molecule has 0 spiro atoms. The van der Waals surface area contributed by atoms with Gasteiger partial charge in [0, 0.05) is 19.7 Å². The van der Waals surface area contributed by atoms with Crippen LogP contribution in [0.1, 0.15) is 37.4 Å². The number of benzene rings is 2. The van der Waals surface area contributed by atoms with Gasteiger partial charge in [0.1, 0.15) is 0 Å². The summed E-state index contributed by atoms with van der Waals surface area (Å²) in [4.78, 5) is 37.9. The summed E-state index contributed by atoms with van der Waals surface area (Å²) in [5, 5.41) is 5.67. The van der Waals surface area contributed by atoms with Crippen molar-refractivity contribution in [1.29, 1.82) is 0 Å². The molecule has 0 bridgehead atoms. The van der Waals surface area contributed by atoms with Crippen molar-refractivity contribution in [3.63, 3.8) is 0 Å². The van der Waals surface area contributed by atoms with Crippen molar-refractivity contribution in [1.82, 2.24) is 10.2 Å². The Morgan fingerprint density at radius 2 is 1.64 bits per heavy atom. The second-order valence-electron chi connectivity index (χ2n) is 6.68. The molecule has 2 N–H and O–H groups in total. The summed E-state index contributed by atoms with van der Waals surface area (Å²) in [6, 6.07) is 16.5. The topological polar surface area (TPSA) is 78.5 Å². The first-order valence-corrected chi connectivity index (χ1v) is 9.34. The Hall–Kier alpha value is -3.15. The van der Waals surface area contributed by atoms with Gasteiger partial charge in [-0.2, -0.15) is 0 Å². The first-order valence-electron chi connectivity index (χ1n) is 9.34. The van der Waals surface area contributed by atoms with Crippen LogP contribution in [0.2, 0.25) is 0 Å². The molecule has 0 saturated carbocycles. The summed E-state index contributed by atoms with van der Waals surface area (Å²) < 4.78 is 0. The van der Waals surface area contributed by atoms with Crippen LogP contribution >= 0.6 is 0 Å². The summed E-state index contributed by atoms with van der Waals surface area (Å²) in [7, 11) is 1.59. The third-order valence-corrected chi connectivity index (χ3v) is 4.44. The number of amides is 3. The summed E-state index contributed by atoms with van der Waals surface area (Å²) in [6.07, 6.45) is 0.889. The van der Waals surface area contributed by atoms with E-state index in [1.54, 1.807) is 7.05 Å². The third-order valence-electron chi connectivity index (χ3n) is 4.44. The van der Waals surface area contributed by atoms with E-state index in [9.17, 15) is 14.4 Å². The summed E-state index contributed by atoms with van der Waals surface area (Å²) >= 11 is 0. The maximum absolute atomic E-state index is 12.6. The van der Waals surface area contributed by atoms with E-state index in [2.05, 4.69) is 10.6 Å². The molecule has 0 saturated heterocycles. The Morgan fingerprint density at radius 3 is 2.29 bits per heavy atom. The van der Waals surface area contributed by atoms with E-state index in [1.165, 1.54) is 11.8 Å². The first kappa shape index (κ1) is 21.2. The van der Waals surface area contributed by atoms with E-state index in [4.69, 9.17) is 0 Å². The quantitative estimate of drug-likeness (QED) is 0.738. The first-order chi connectivity index (χ1) is 13.4. The number of nitrogens with zero attached hydrogens (tertiary/aromatic N) is 1. The van der Waals surface area contributed by atoms with Crippen LogP contribution < -0.4 is 10.6 Å². The zero-order chi connectivity index (χ0) is 20.5. The van der Waals surface area contributed by atoms with Gasteiger partial charge < -0.3 is 15.5 Å². The van der Waals surface area contributed by atoms with E-state index in [1.807, 2.05) is 61.5 Å². The number of anilines is 1. The summed E-state index contributed by atoms with van der Waals surface area (Å²) in [6.45, 7) is 3.38. The van der Waals surface area contributed by atoms with Crippen LogP contribution in [0.3, 0.4) is 0 Å². The molecule has 3 amide bonds. The van der Waals surface area contributed by atoms with Crippen LogP contribution in [0, 0.1) is 0 Å². The fraction of sp³-hybridized carbons (Fsp3) is 0.318. The lowest BCUT2D eigenvalue weighted by molar-refractivity contribution is -0.134. The molecule has 0 aliphatic heterocycles. The number of likely N-dealkylation sites (N-methyl/N-ethyl adjacent to an activating group) is 1. The van der Waals surface area contributed by atoms with Crippen molar-refractivity contribution >= 4 is 23.4 Å². The molecule has 6 nitrogen and oxygen atoms in total. The van der Waals surface area contributed by atoms with E-state index in [-0.39, 0.29) is 30.7 Å². The second-order valence-corrected chi connectivity index (χ2v) is 6.68. The van der Waals surface area contributed by atoms with Gasteiger partial charge in [0.25, 0.3) is 0 Å². The SMILES string of the molecule is CCc1ccccc1NC(=O)CN(C)C(=O)C[C@H](NC(C)=O)c1ccccc1. The van der Waals surface area contributed by atoms with Crippen LogP contribution in [0.15, 0.2) is 54.6 Å². The number of aryl methyl sites for hydroxylation is 1. The molecule has 0 heterocycles. The van der Waals surface area contributed by atoms with Gasteiger partial charge in [-0.1, -0.05) is 55.5 Å². The molecular formula is C22H27N3O3. The number of carbonyl (C=O) groups is 3. The van der Waals surface area contributed by atoms with E-state index < -0.39 is 6.04 Å². The molecular weight excluding hydrogens is 354 g/mol. The fourth-order valence-electron chi connectivity index (χ4n) is 2.96. The molecule has 0 unspecified atom stereocenters. The maximum Gasteiger partial charge on any atom is 0.243 e. The van der Waals surface area contributed by atoms with Crippen LogP contribution in [-0.2, 0) is 20.8 Å². The van der Waals surface area contributed by atoms with Gasteiger partial charge in [0.2, 0.25) is 17.7 Å². The van der Waals surface area contributed by atoms with Crippen LogP contribution in [-0.4, -0.2) is 36.2 Å². The van der Waals surface area contributed by atoms with E-state index >= 15 is 0 Å². The highest BCUT2D eigenvalue weighted by atomic mass is 16.2. The highest BCUT2D eigenvalue weighted by Crippen LogP contribution is 2.18. The zero-order valence-electron chi connectivity index (χ0n) is 16.6. The largest absolute Gasteiger partial charge is 0.349 e. The number of carbonyl (C=O) groups excluding carboxylic acids is 3. The van der Waals surface area contributed by atoms with Crippen molar-refractivity contribution in [3.8, 4) is 0 Å². The lowest BCUT2D eigenvalue weighted by Crippen LogP contribution is -2.38. The average Bonchev–Trinajstić information content (AvgIpc) is 2.68. The van der Waals surface area contributed by atoms with E-state index in [0.717, 1.165) is 23.2 Å². The minimum absolute atomic E-state index is 0.0571. The Labute approximate surface area is 165 Å². The zero-order valence-corrected chi connectivity index (χ0v) is 16.6. The molecule has 0 fully saturated rings. The average molecular weight is 381 g/mol. The monoisotopic (exact) mass is 381 g/mol. The van der Waals surface area contributed by atoms with Crippen molar-refractivity contribution in [2.75, 3.05) is 18.9 Å². The molecule has 2 rings (SSSR count). The molecule has 0 aliphatic rings. The summed E-state index contributed by atoms with van der Waals surface area (Å²) in [5.41, 5.74) is 2.65. The van der Waals surface area contributed by atoms with Crippen LogP contribution in [0.25, 0.3) is 0 Å². The Balaban J connectivity index is 1.98. The maximum atomic E-state index is 12.6. The smallest absolute Gasteiger partial charge is 0.243 e. The molecule has 0 radical (unpaired) electrons. The minimum Gasteiger partial charge on any atom is -0.349 e. The normalized spacial score (nSPS) is 11.4. The number of rotatable bonds is 8. The predicted octanol–water partition coefficient (Wildman–Crippen LogP) is 2.91. The number of hydrogen-bond donors (Lipinski definition) is 2. The number of hydrogen-bond acceptors (Lipinski definition) is 3. The molecule has 1 atom stereocenters.